The monoisotopic (exact) mass is 259 g/mol. The molecule has 19 heavy (non-hydrogen) atoms. The van der Waals surface area contributed by atoms with E-state index in [1.165, 1.54) is 0 Å². The lowest BCUT2D eigenvalue weighted by molar-refractivity contribution is -0.125. The van der Waals surface area contributed by atoms with Crippen LogP contribution in [0.5, 0.6) is 0 Å². The predicted octanol–water partition coefficient (Wildman–Crippen LogP) is 2.49. The molecule has 0 bridgehead atoms. The largest absolute Gasteiger partial charge is 0.352 e. The molecule has 1 fully saturated rings. The maximum absolute atomic E-state index is 12.0. The second-order valence-electron chi connectivity index (χ2n) is 5.34. The van der Waals surface area contributed by atoms with Gasteiger partial charge in [0, 0.05) is 12.0 Å². The molecule has 2 atom stereocenters. The van der Waals surface area contributed by atoms with Crippen LogP contribution in [0.3, 0.4) is 0 Å². The Morgan fingerprint density at radius 1 is 1.16 bits per heavy atom. The van der Waals surface area contributed by atoms with Gasteiger partial charge in [-0.05, 0) is 25.3 Å². The van der Waals surface area contributed by atoms with Crippen LogP contribution in [0.15, 0.2) is 30.3 Å². The molecule has 0 aliphatic heterocycles. The van der Waals surface area contributed by atoms with Crippen LogP contribution in [0.25, 0.3) is 0 Å². The van der Waals surface area contributed by atoms with Crippen LogP contribution in [0.2, 0.25) is 0 Å². The third kappa shape index (κ3) is 3.91. The summed E-state index contributed by atoms with van der Waals surface area (Å²) in [5, 5.41) is 3.04. The van der Waals surface area contributed by atoms with Crippen LogP contribution >= 0.6 is 0 Å². The molecule has 0 aromatic heterocycles. The summed E-state index contributed by atoms with van der Waals surface area (Å²) >= 11 is 0. The molecule has 1 N–H and O–H groups in total. The van der Waals surface area contributed by atoms with Crippen molar-refractivity contribution in [1.29, 1.82) is 0 Å². The molecule has 0 heterocycles. The SMILES string of the molecule is CC(=O)[C@@H]1CCCC[C@H]1NC(=O)Cc1ccccc1. The fourth-order valence-corrected chi connectivity index (χ4v) is 2.83. The highest BCUT2D eigenvalue weighted by atomic mass is 16.2. The molecular weight excluding hydrogens is 238 g/mol. The first-order chi connectivity index (χ1) is 9.16. The number of amides is 1. The van der Waals surface area contributed by atoms with Gasteiger partial charge in [-0.1, -0.05) is 43.2 Å². The number of hydrogen-bond donors (Lipinski definition) is 1. The van der Waals surface area contributed by atoms with Crippen LogP contribution in [-0.4, -0.2) is 17.7 Å². The molecule has 1 aliphatic rings. The second kappa shape index (κ2) is 6.50. The zero-order chi connectivity index (χ0) is 13.7. The summed E-state index contributed by atoms with van der Waals surface area (Å²) in [6, 6.07) is 9.73. The van der Waals surface area contributed by atoms with E-state index in [-0.39, 0.29) is 23.7 Å². The average Bonchev–Trinajstić information content (AvgIpc) is 2.40. The highest BCUT2D eigenvalue weighted by Crippen LogP contribution is 2.25. The van der Waals surface area contributed by atoms with Gasteiger partial charge in [0.1, 0.15) is 5.78 Å². The lowest BCUT2D eigenvalue weighted by atomic mass is 9.82. The summed E-state index contributed by atoms with van der Waals surface area (Å²) in [7, 11) is 0. The summed E-state index contributed by atoms with van der Waals surface area (Å²) in [5.41, 5.74) is 1.01. The van der Waals surface area contributed by atoms with Crippen molar-refractivity contribution < 1.29 is 9.59 Å². The normalized spacial score (nSPS) is 22.8. The van der Waals surface area contributed by atoms with Gasteiger partial charge < -0.3 is 5.32 Å². The molecule has 1 aromatic rings. The minimum absolute atomic E-state index is 0.00785. The van der Waals surface area contributed by atoms with E-state index in [9.17, 15) is 9.59 Å². The van der Waals surface area contributed by atoms with Crippen molar-refractivity contribution in [3.05, 3.63) is 35.9 Å². The van der Waals surface area contributed by atoms with Crippen molar-refractivity contribution in [3.8, 4) is 0 Å². The van der Waals surface area contributed by atoms with Gasteiger partial charge in [0.2, 0.25) is 5.91 Å². The van der Waals surface area contributed by atoms with Gasteiger partial charge in [0.15, 0.2) is 0 Å². The van der Waals surface area contributed by atoms with Gasteiger partial charge in [-0.25, -0.2) is 0 Å². The smallest absolute Gasteiger partial charge is 0.224 e. The summed E-state index contributed by atoms with van der Waals surface area (Å²) in [6.45, 7) is 1.63. The van der Waals surface area contributed by atoms with E-state index < -0.39 is 0 Å². The number of rotatable bonds is 4. The minimum atomic E-state index is 0.00785. The molecule has 1 aliphatic carbocycles. The predicted molar refractivity (Wildman–Crippen MR) is 74.7 cm³/mol. The summed E-state index contributed by atoms with van der Waals surface area (Å²) < 4.78 is 0. The fraction of sp³-hybridized carbons (Fsp3) is 0.500. The molecule has 0 saturated heterocycles. The minimum Gasteiger partial charge on any atom is -0.352 e. The number of nitrogens with one attached hydrogen (secondary N) is 1. The molecule has 3 nitrogen and oxygen atoms in total. The quantitative estimate of drug-likeness (QED) is 0.903. The molecule has 3 heteroatoms. The van der Waals surface area contributed by atoms with Crippen molar-refractivity contribution in [2.45, 2.75) is 45.1 Å². The number of carbonyl (C=O) groups is 2. The van der Waals surface area contributed by atoms with Crippen LogP contribution in [0.1, 0.15) is 38.2 Å². The van der Waals surface area contributed by atoms with E-state index in [1.54, 1.807) is 6.92 Å². The number of Topliss-reactive ketones (excluding diaryl/α,β-unsaturated/α-hetero) is 1. The molecule has 0 spiro atoms. The first kappa shape index (κ1) is 13.8. The van der Waals surface area contributed by atoms with Crippen molar-refractivity contribution >= 4 is 11.7 Å². The Labute approximate surface area is 114 Å². The van der Waals surface area contributed by atoms with Gasteiger partial charge in [-0.2, -0.15) is 0 Å². The van der Waals surface area contributed by atoms with Crippen LogP contribution < -0.4 is 5.32 Å². The first-order valence-corrected chi connectivity index (χ1v) is 7.00. The van der Waals surface area contributed by atoms with E-state index in [0.717, 1.165) is 31.2 Å². The Hall–Kier alpha value is -1.64. The Morgan fingerprint density at radius 2 is 1.84 bits per heavy atom. The van der Waals surface area contributed by atoms with Crippen LogP contribution in [0, 0.1) is 5.92 Å². The zero-order valence-corrected chi connectivity index (χ0v) is 11.4. The Morgan fingerprint density at radius 3 is 2.53 bits per heavy atom. The van der Waals surface area contributed by atoms with Gasteiger partial charge in [-0.3, -0.25) is 9.59 Å². The molecule has 1 saturated carbocycles. The Kier molecular flexibility index (Phi) is 4.72. The Bertz CT molecular complexity index is 441. The molecule has 2 rings (SSSR count). The number of benzene rings is 1. The maximum atomic E-state index is 12.0. The fourth-order valence-electron chi connectivity index (χ4n) is 2.83. The maximum Gasteiger partial charge on any atom is 0.224 e. The van der Waals surface area contributed by atoms with Gasteiger partial charge in [-0.15, -0.1) is 0 Å². The van der Waals surface area contributed by atoms with Gasteiger partial charge >= 0.3 is 0 Å². The van der Waals surface area contributed by atoms with E-state index in [4.69, 9.17) is 0 Å². The third-order valence-corrected chi connectivity index (χ3v) is 3.84. The lowest BCUT2D eigenvalue weighted by Crippen LogP contribution is -2.45. The highest BCUT2D eigenvalue weighted by Gasteiger charge is 2.29. The standard InChI is InChI=1S/C16H21NO2/c1-12(18)14-9-5-6-10-15(14)17-16(19)11-13-7-3-2-4-8-13/h2-4,7-8,14-15H,5-6,9-11H2,1H3,(H,17,19)/t14-,15+/m0/s1. The summed E-state index contributed by atoms with van der Waals surface area (Å²) in [6.07, 6.45) is 4.41. The lowest BCUT2D eigenvalue weighted by Gasteiger charge is -2.30. The number of carbonyl (C=O) groups excluding carboxylic acids is 2. The van der Waals surface area contributed by atoms with Crippen molar-refractivity contribution in [2.75, 3.05) is 0 Å². The molecule has 0 radical (unpaired) electrons. The average molecular weight is 259 g/mol. The summed E-state index contributed by atoms with van der Waals surface area (Å²) in [5.74, 6) is 0.225. The Balaban J connectivity index is 1.92. The van der Waals surface area contributed by atoms with Crippen molar-refractivity contribution in [3.63, 3.8) is 0 Å². The van der Waals surface area contributed by atoms with Crippen LogP contribution in [0.4, 0.5) is 0 Å². The van der Waals surface area contributed by atoms with E-state index in [0.29, 0.717) is 6.42 Å². The molecule has 0 unspecified atom stereocenters. The second-order valence-corrected chi connectivity index (χ2v) is 5.34. The third-order valence-electron chi connectivity index (χ3n) is 3.84. The van der Waals surface area contributed by atoms with Crippen molar-refractivity contribution in [2.24, 2.45) is 5.92 Å². The molecular formula is C16H21NO2. The highest BCUT2D eigenvalue weighted by molar-refractivity contribution is 5.82. The summed E-state index contributed by atoms with van der Waals surface area (Å²) in [4.78, 5) is 23.6. The zero-order valence-electron chi connectivity index (χ0n) is 11.4. The molecule has 1 amide bonds. The van der Waals surface area contributed by atoms with E-state index in [1.807, 2.05) is 30.3 Å². The number of hydrogen-bond acceptors (Lipinski definition) is 2. The molecule has 102 valence electrons. The van der Waals surface area contributed by atoms with Crippen molar-refractivity contribution in [1.82, 2.24) is 5.32 Å². The topological polar surface area (TPSA) is 46.2 Å². The van der Waals surface area contributed by atoms with E-state index >= 15 is 0 Å². The number of ketones is 1. The van der Waals surface area contributed by atoms with E-state index in [2.05, 4.69) is 5.32 Å². The molecule has 1 aromatic carbocycles. The van der Waals surface area contributed by atoms with Crippen LogP contribution in [-0.2, 0) is 16.0 Å². The first-order valence-electron chi connectivity index (χ1n) is 7.00. The van der Waals surface area contributed by atoms with Gasteiger partial charge in [0.25, 0.3) is 0 Å². The van der Waals surface area contributed by atoms with Gasteiger partial charge in [0.05, 0.1) is 6.42 Å².